The van der Waals surface area contributed by atoms with Gasteiger partial charge in [-0.05, 0) is 31.4 Å². The Kier molecular flexibility index (Phi) is 5.74. The van der Waals surface area contributed by atoms with Crippen molar-refractivity contribution in [3.8, 4) is 0 Å². The van der Waals surface area contributed by atoms with E-state index in [2.05, 4.69) is 53.6 Å². The molecule has 0 aromatic heterocycles. The Bertz CT molecular complexity index is 531. The largest absolute Gasteiger partial charge is 0.337 e. The lowest BCUT2D eigenvalue weighted by Gasteiger charge is -2.37. The number of carbonyl (C=O) groups excluding carboxylic acids is 1. The van der Waals surface area contributed by atoms with Crippen LogP contribution in [0, 0.1) is 6.92 Å². The van der Waals surface area contributed by atoms with Crippen molar-refractivity contribution in [1.29, 1.82) is 0 Å². The van der Waals surface area contributed by atoms with E-state index in [1.165, 1.54) is 17.5 Å². The van der Waals surface area contributed by atoms with Crippen molar-refractivity contribution in [2.45, 2.75) is 32.2 Å². The van der Waals surface area contributed by atoms with Crippen molar-refractivity contribution < 1.29 is 4.79 Å². The molecule has 2 unspecified atom stereocenters. The van der Waals surface area contributed by atoms with E-state index in [0.29, 0.717) is 18.5 Å². The van der Waals surface area contributed by atoms with Crippen molar-refractivity contribution in [1.82, 2.24) is 20.4 Å². The van der Waals surface area contributed by atoms with Crippen LogP contribution in [0.5, 0.6) is 0 Å². The van der Waals surface area contributed by atoms with Crippen LogP contribution in [-0.4, -0.2) is 67.7 Å². The molecule has 3 rings (SSSR count). The lowest BCUT2D eigenvalue weighted by molar-refractivity contribution is 0.114. The summed E-state index contributed by atoms with van der Waals surface area (Å²) in [5.74, 6) is 0.334. The fourth-order valence-corrected chi connectivity index (χ4v) is 3.61. The number of nitrogens with zero attached hydrogens (tertiary/aromatic N) is 2. The Hall–Kier alpha value is -1.59. The second-order valence-electron chi connectivity index (χ2n) is 7.17. The molecule has 5 nitrogen and oxygen atoms in total. The monoisotopic (exact) mass is 330 g/mol. The summed E-state index contributed by atoms with van der Waals surface area (Å²) in [6, 6.07) is 9.31. The molecule has 1 aromatic carbocycles. The number of benzene rings is 1. The summed E-state index contributed by atoms with van der Waals surface area (Å²) in [5, 5.41) is 6.53. The van der Waals surface area contributed by atoms with Crippen LogP contribution in [0.25, 0.3) is 0 Å². The minimum Gasteiger partial charge on any atom is -0.337 e. The van der Waals surface area contributed by atoms with Gasteiger partial charge in [0.1, 0.15) is 0 Å². The van der Waals surface area contributed by atoms with Gasteiger partial charge in [-0.1, -0.05) is 36.8 Å². The Balaban J connectivity index is 1.41. The van der Waals surface area contributed by atoms with Gasteiger partial charge in [0.05, 0.1) is 0 Å². The van der Waals surface area contributed by atoms with Crippen LogP contribution in [0.2, 0.25) is 0 Å². The van der Waals surface area contributed by atoms with E-state index in [-0.39, 0.29) is 6.03 Å². The third kappa shape index (κ3) is 4.28. The zero-order valence-electron chi connectivity index (χ0n) is 14.9. The molecular formula is C19H30N4O. The van der Waals surface area contributed by atoms with Crippen LogP contribution in [0.15, 0.2) is 24.3 Å². The first-order chi connectivity index (χ1) is 11.6. The SMILES string of the molecule is Cc1ccc(C(C)CNC(=O)N2CCN(C3CCNC3)CC2)cc1. The second kappa shape index (κ2) is 7.99. The van der Waals surface area contributed by atoms with E-state index in [1.807, 2.05) is 4.90 Å². The van der Waals surface area contributed by atoms with Gasteiger partial charge in [0.25, 0.3) is 0 Å². The van der Waals surface area contributed by atoms with E-state index < -0.39 is 0 Å². The number of rotatable bonds is 4. The molecule has 0 saturated carbocycles. The van der Waals surface area contributed by atoms with Crippen LogP contribution < -0.4 is 10.6 Å². The fourth-order valence-electron chi connectivity index (χ4n) is 3.61. The van der Waals surface area contributed by atoms with Gasteiger partial charge in [-0.25, -0.2) is 4.79 Å². The van der Waals surface area contributed by atoms with Crippen LogP contribution >= 0.6 is 0 Å². The van der Waals surface area contributed by atoms with Crippen molar-refractivity contribution in [3.05, 3.63) is 35.4 Å². The Labute approximate surface area is 145 Å². The van der Waals surface area contributed by atoms with E-state index in [4.69, 9.17) is 0 Å². The summed E-state index contributed by atoms with van der Waals surface area (Å²) in [4.78, 5) is 16.9. The lowest BCUT2D eigenvalue weighted by atomic mass is 10.0. The highest BCUT2D eigenvalue weighted by molar-refractivity contribution is 5.74. The van der Waals surface area contributed by atoms with E-state index in [9.17, 15) is 4.79 Å². The van der Waals surface area contributed by atoms with Crippen LogP contribution in [0.1, 0.15) is 30.4 Å². The average molecular weight is 330 g/mol. The number of aryl methyl sites for hydroxylation is 1. The van der Waals surface area contributed by atoms with Gasteiger partial charge >= 0.3 is 6.03 Å². The van der Waals surface area contributed by atoms with Gasteiger partial charge in [-0.2, -0.15) is 0 Å². The molecule has 2 aliphatic heterocycles. The zero-order chi connectivity index (χ0) is 16.9. The Morgan fingerprint density at radius 3 is 2.58 bits per heavy atom. The third-order valence-electron chi connectivity index (χ3n) is 5.36. The maximum absolute atomic E-state index is 12.4. The summed E-state index contributed by atoms with van der Waals surface area (Å²) in [6.07, 6.45) is 1.24. The zero-order valence-corrected chi connectivity index (χ0v) is 14.9. The van der Waals surface area contributed by atoms with Gasteiger partial charge in [0.2, 0.25) is 0 Å². The number of hydrogen-bond acceptors (Lipinski definition) is 3. The first kappa shape index (κ1) is 17.2. The first-order valence-corrected chi connectivity index (χ1v) is 9.17. The number of nitrogens with one attached hydrogen (secondary N) is 2. The van der Waals surface area contributed by atoms with Gasteiger partial charge < -0.3 is 15.5 Å². The average Bonchev–Trinajstić information content (AvgIpc) is 3.15. The van der Waals surface area contributed by atoms with Gasteiger partial charge in [-0.3, -0.25) is 4.90 Å². The lowest BCUT2D eigenvalue weighted by Crippen LogP contribution is -2.54. The van der Waals surface area contributed by atoms with Crippen molar-refractivity contribution in [2.24, 2.45) is 0 Å². The smallest absolute Gasteiger partial charge is 0.317 e. The molecule has 2 saturated heterocycles. The number of urea groups is 1. The normalized spacial score (nSPS) is 23.2. The minimum absolute atomic E-state index is 0.0816. The second-order valence-corrected chi connectivity index (χ2v) is 7.17. The Morgan fingerprint density at radius 1 is 1.25 bits per heavy atom. The molecule has 0 aliphatic carbocycles. The van der Waals surface area contributed by atoms with E-state index >= 15 is 0 Å². The molecule has 5 heteroatoms. The third-order valence-corrected chi connectivity index (χ3v) is 5.36. The molecule has 2 heterocycles. The standard InChI is InChI=1S/C19H30N4O/c1-15-3-5-17(6-4-15)16(2)13-21-19(24)23-11-9-22(10-12-23)18-7-8-20-14-18/h3-6,16,18,20H,7-14H2,1-2H3,(H,21,24). The van der Waals surface area contributed by atoms with E-state index in [0.717, 1.165) is 39.3 Å². The summed E-state index contributed by atoms with van der Waals surface area (Å²) < 4.78 is 0. The highest BCUT2D eigenvalue weighted by atomic mass is 16.2. The quantitative estimate of drug-likeness (QED) is 0.885. The predicted octanol–water partition coefficient (Wildman–Crippen LogP) is 1.79. The van der Waals surface area contributed by atoms with Gasteiger partial charge in [0, 0.05) is 45.3 Å². The van der Waals surface area contributed by atoms with Crippen molar-refractivity contribution in [3.63, 3.8) is 0 Å². The minimum atomic E-state index is 0.0816. The van der Waals surface area contributed by atoms with Crippen LogP contribution in [0.4, 0.5) is 4.79 Å². The van der Waals surface area contributed by atoms with Gasteiger partial charge in [-0.15, -0.1) is 0 Å². The predicted molar refractivity (Wildman–Crippen MR) is 97.4 cm³/mol. The van der Waals surface area contributed by atoms with Crippen molar-refractivity contribution in [2.75, 3.05) is 45.8 Å². The van der Waals surface area contributed by atoms with Crippen molar-refractivity contribution >= 4 is 6.03 Å². The first-order valence-electron chi connectivity index (χ1n) is 9.17. The highest BCUT2D eigenvalue weighted by Gasteiger charge is 2.27. The maximum Gasteiger partial charge on any atom is 0.317 e. The molecule has 2 aliphatic rings. The summed E-state index contributed by atoms with van der Waals surface area (Å²) in [7, 11) is 0. The number of carbonyl (C=O) groups is 1. The molecule has 132 valence electrons. The Morgan fingerprint density at radius 2 is 1.96 bits per heavy atom. The number of amides is 2. The highest BCUT2D eigenvalue weighted by Crippen LogP contribution is 2.15. The summed E-state index contributed by atoms with van der Waals surface area (Å²) >= 11 is 0. The molecule has 2 fully saturated rings. The molecule has 0 bridgehead atoms. The molecule has 2 N–H and O–H groups in total. The van der Waals surface area contributed by atoms with Crippen LogP contribution in [0.3, 0.4) is 0 Å². The number of hydrogen-bond donors (Lipinski definition) is 2. The molecule has 2 amide bonds. The van der Waals surface area contributed by atoms with Crippen LogP contribution in [-0.2, 0) is 0 Å². The van der Waals surface area contributed by atoms with E-state index in [1.54, 1.807) is 0 Å². The molecule has 0 spiro atoms. The molecule has 0 radical (unpaired) electrons. The molecule has 24 heavy (non-hydrogen) atoms. The summed E-state index contributed by atoms with van der Waals surface area (Å²) in [5.41, 5.74) is 2.55. The summed E-state index contributed by atoms with van der Waals surface area (Å²) in [6.45, 7) is 10.8. The molecule has 1 aromatic rings. The van der Waals surface area contributed by atoms with Gasteiger partial charge in [0.15, 0.2) is 0 Å². The maximum atomic E-state index is 12.4. The topological polar surface area (TPSA) is 47.6 Å². The fraction of sp³-hybridized carbons (Fsp3) is 0.632. The molecule has 2 atom stereocenters. The molecular weight excluding hydrogens is 300 g/mol. The number of piperazine rings is 1.